The molecular weight excluding hydrogens is 452 g/mol. The molecule has 2 atom stereocenters. The molecule has 0 unspecified atom stereocenters. The zero-order valence-corrected chi connectivity index (χ0v) is 19.1. The van der Waals surface area contributed by atoms with Crippen LogP contribution in [-0.2, 0) is 4.74 Å². The summed E-state index contributed by atoms with van der Waals surface area (Å²) in [5.41, 5.74) is 1.69. The van der Waals surface area contributed by atoms with Crippen LogP contribution in [0.25, 0.3) is 0 Å². The number of amides is 2. The number of benzene rings is 1. The molecular formula is C22H23ClN4O4S. The lowest BCUT2D eigenvalue weighted by Gasteiger charge is -2.36. The fourth-order valence-corrected chi connectivity index (χ4v) is 5.21. The zero-order chi connectivity index (χ0) is 22.4. The molecule has 0 spiro atoms. The molecule has 8 nitrogen and oxygen atoms in total. The smallest absolute Gasteiger partial charge is 0.415 e. The highest BCUT2D eigenvalue weighted by atomic mass is 35.5. The van der Waals surface area contributed by atoms with E-state index in [0.717, 1.165) is 31.9 Å². The number of hydrogen-bond acceptors (Lipinski definition) is 7. The number of thiophene rings is 1. The second-order valence-electron chi connectivity index (χ2n) is 8.06. The van der Waals surface area contributed by atoms with E-state index in [0.29, 0.717) is 26.4 Å². The molecule has 2 amide bonds. The maximum Gasteiger partial charge on any atom is 0.415 e. The first-order valence-corrected chi connectivity index (χ1v) is 11.6. The number of cyclic esters (lactones) is 1. The first-order valence-electron chi connectivity index (χ1n) is 10.4. The van der Waals surface area contributed by atoms with Gasteiger partial charge >= 0.3 is 6.09 Å². The second-order valence-corrected chi connectivity index (χ2v) is 9.78. The normalized spacial score (nSPS) is 22.8. The van der Waals surface area contributed by atoms with E-state index in [2.05, 4.69) is 28.7 Å². The average Bonchev–Trinajstić information content (AvgIpc) is 3.36. The van der Waals surface area contributed by atoms with Crippen LogP contribution in [0.2, 0.25) is 4.34 Å². The number of fused-ring (bicyclic) bond motifs is 3. The van der Waals surface area contributed by atoms with Crippen molar-refractivity contribution in [1.29, 1.82) is 0 Å². The molecule has 1 aromatic heterocycles. The van der Waals surface area contributed by atoms with Crippen LogP contribution in [0.5, 0.6) is 5.75 Å². The number of piperazine rings is 1. The lowest BCUT2D eigenvalue weighted by atomic mass is 10.0. The molecule has 5 rings (SSSR count). The minimum Gasteiger partial charge on any atom is -0.458 e. The quantitative estimate of drug-likeness (QED) is 0.733. The molecule has 1 aromatic carbocycles. The van der Waals surface area contributed by atoms with Gasteiger partial charge in [-0.15, -0.1) is 11.3 Å². The van der Waals surface area contributed by atoms with Crippen LogP contribution in [0, 0.1) is 0 Å². The molecule has 0 aliphatic carbocycles. The lowest BCUT2D eigenvalue weighted by molar-refractivity contribution is 0.0905. The van der Waals surface area contributed by atoms with Crippen molar-refractivity contribution in [2.75, 3.05) is 49.6 Å². The van der Waals surface area contributed by atoms with Gasteiger partial charge in [0.1, 0.15) is 17.9 Å². The number of halogens is 1. The summed E-state index contributed by atoms with van der Waals surface area (Å²) in [5.74, 6) is 0.728. The van der Waals surface area contributed by atoms with Crippen LogP contribution < -0.4 is 19.9 Å². The van der Waals surface area contributed by atoms with Gasteiger partial charge in [-0.2, -0.15) is 0 Å². The molecule has 10 heteroatoms. The SMILES string of the molecule is C=C1Oc2cc(N3CCN(C)CC3)ccc2N2C(=O)O[C@@H](CNC(=O)c3ccc(Cl)s3)[C@H]12. The van der Waals surface area contributed by atoms with E-state index in [1.807, 2.05) is 18.2 Å². The Labute approximate surface area is 194 Å². The molecule has 0 saturated carbocycles. The van der Waals surface area contributed by atoms with E-state index < -0.39 is 18.2 Å². The van der Waals surface area contributed by atoms with Gasteiger partial charge in [-0.1, -0.05) is 18.2 Å². The maximum atomic E-state index is 12.7. The minimum absolute atomic E-state index is 0.137. The van der Waals surface area contributed by atoms with Gasteiger partial charge in [-0.3, -0.25) is 9.69 Å². The summed E-state index contributed by atoms with van der Waals surface area (Å²) in [6.07, 6.45) is -1.09. The van der Waals surface area contributed by atoms with Crippen LogP contribution in [0.3, 0.4) is 0 Å². The highest BCUT2D eigenvalue weighted by Crippen LogP contribution is 2.44. The van der Waals surface area contributed by atoms with Gasteiger partial charge in [-0.25, -0.2) is 4.79 Å². The molecule has 32 heavy (non-hydrogen) atoms. The Bertz CT molecular complexity index is 1080. The highest BCUT2D eigenvalue weighted by Gasteiger charge is 2.49. The third-order valence-corrected chi connectivity index (χ3v) is 7.21. The molecule has 168 valence electrons. The Morgan fingerprint density at radius 1 is 1.25 bits per heavy atom. The number of carbonyl (C=O) groups is 2. The van der Waals surface area contributed by atoms with Crippen molar-refractivity contribution in [2.24, 2.45) is 0 Å². The highest BCUT2D eigenvalue weighted by molar-refractivity contribution is 7.18. The van der Waals surface area contributed by atoms with Gasteiger partial charge in [0.15, 0.2) is 5.75 Å². The molecule has 0 bridgehead atoms. The summed E-state index contributed by atoms with van der Waals surface area (Å²) in [7, 11) is 2.12. The molecule has 2 fully saturated rings. The summed E-state index contributed by atoms with van der Waals surface area (Å²) >= 11 is 7.10. The number of rotatable bonds is 4. The molecule has 1 N–H and O–H groups in total. The molecule has 4 heterocycles. The fourth-order valence-electron chi connectivity index (χ4n) is 4.25. The van der Waals surface area contributed by atoms with Gasteiger partial charge in [-0.05, 0) is 31.3 Å². The van der Waals surface area contributed by atoms with Gasteiger partial charge in [0, 0.05) is 37.9 Å². The average molecular weight is 475 g/mol. The predicted octanol–water partition coefficient (Wildman–Crippen LogP) is 3.18. The largest absolute Gasteiger partial charge is 0.458 e. The van der Waals surface area contributed by atoms with E-state index in [-0.39, 0.29) is 12.5 Å². The third-order valence-electron chi connectivity index (χ3n) is 5.98. The number of ether oxygens (including phenoxy) is 2. The van der Waals surface area contributed by atoms with Crippen LogP contribution in [0.4, 0.5) is 16.2 Å². The molecule has 3 aliphatic rings. The summed E-state index contributed by atoms with van der Waals surface area (Å²) < 4.78 is 12.2. The monoisotopic (exact) mass is 474 g/mol. The van der Waals surface area contributed by atoms with Crippen molar-refractivity contribution in [3.8, 4) is 5.75 Å². The number of hydrogen-bond donors (Lipinski definition) is 1. The third kappa shape index (κ3) is 3.80. The topological polar surface area (TPSA) is 74.3 Å². The van der Waals surface area contributed by atoms with E-state index >= 15 is 0 Å². The number of anilines is 2. The standard InChI is InChI=1S/C22H23ClN4O4S/c1-13-20-17(12-24-21(28)18-5-6-19(23)32-18)31-22(29)27(20)15-4-3-14(11-16(15)30-13)26-9-7-25(2)8-10-26/h3-6,11,17,20H,1,7-10,12H2,2H3,(H,24,28)/t17-,20-/m0/s1. The Hall–Kier alpha value is -2.75. The molecule has 3 aliphatic heterocycles. The van der Waals surface area contributed by atoms with Crippen LogP contribution in [-0.4, -0.2) is 68.8 Å². The summed E-state index contributed by atoms with van der Waals surface area (Å²) in [4.78, 5) is 31.8. The summed E-state index contributed by atoms with van der Waals surface area (Å²) in [6, 6.07) is 8.65. The summed E-state index contributed by atoms with van der Waals surface area (Å²) in [5, 5.41) is 2.81. The lowest BCUT2D eigenvalue weighted by Crippen LogP contribution is -2.46. The van der Waals surface area contributed by atoms with Crippen molar-refractivity contribution in [3.05, 3.63) is 51.9 Å². The van der Waals surface area contributed by atoms with Gasteiger partial charge in [0.25, 0.3) is 5.91 Å². The molecule has 2 aromatic rings. The fraction of sp³-hybridized carbons (Fsp3) is 0.364. The number of nitrogens with zero attached hydrogens (tertiary/aromatic N) is 3. The zero-order valence-electron chi connectivity index (χ0n) is 17.5. The minimum atomic E-state index is -0.611. The first-order chi connectivity index (χ1) is 15.4. The number of carbonyl (C=O) groups excluding carboxylic acids is 2. The Kier molecular flexibility index (Phi) is 5.48. The van der Waals surface area contributed by atoms with Crippen LogP contribution in [0.15, 0.2) is 42.7 Å². The first kappa shape index (κ1) is 21.1. The Morgan fingerprint density at radius 2 is 2.03 bits per heavy atom. The molecule has 0 radical (unpaired) electrons. The van der Waals surface area contributed by atoms with Gasteiger partial charge in [0.05, 0.1) is 21.4 Å². The Morgan fingerprint density at radius 3 is 2.75 bits per heavy atom. The number of nitrogens with one attached hydrogen (secondary N) is 1. The van der Waals surface area contributed by atoms with E-state index in [1.54, 1.807) is 17.0 Å². The predicted molar refractivity (Wildman–Crippen MR) is 124 cm³/mol. The van der Waals surface area contributed by atoms with E-state index in [9.17, 15) is 9.59 Å². The van der Waals surface area contributed by atoms with Crippen molar-refractivity contribution < 1.29 is 19.1 Å². The van der Waals surface area contributed by atoms with Gasteiger partial charge in [0.2, 0.25) is 0 Å². The molecule has 2 saturated heterocycles. The van der Waals surface area contributed by atoms with E-state index in [1.165, 1.54) is 11.3 Å². The summed E-state index contributed by atoms with van der Waals surface area (Å²) in [6.45, 7) is 8.03. The van der Waals surface area contributed by atoms with Crippen molar-refractivity contribution in [1.82, 2.24) is 10.2 Å². The second kappa shape index (κ2) is 8.31. The van der Waals surface area contributed by atoms with Crippen LogP contribution >= 0.6 is 22.9 Å². The Balaban J connectivity index is 1.32. The van der Waals surface area contributed by atoms with Crippen molar-refractivity contribution >= 4 is 46.3 Å². The van der Waals surface area contributed by atoms with E-state index in [4.69, 9.17) is 21.1 Å². The van der Waals surface area contributed by atoms with Crippen LogP contribution in [0.1, 0.15) is 9.67 Å². The van der Waals surface area contributed by atoms with Gasteiger partial charge < -0.3 is 24.6 Å². The number of likely N-dealkylation sites (N-methyl/N-ethyl adjacent to an activating group) is 1. The maximum absolute atomic E-state index is 12.7. The van der Waals surface area contributed by atoms with Crippen molar-refractivity contribution in [2.45, 2.75) is 12.1 Å². The van der Waals surface area contributed by atoms with Crippen molar-refractivity contribution in [3.63, 3.8) is 0 Å².